The number of para-hydroxylation sites is 1. The molecule has 1 heterocycles. The molecule has 0 aliphatic carbocycles. The lowest BCUT2D eigenvalue weighted by atomic mass is 9.86. The maximum absolute atomic E-state index is 12.8. The van der Waals surface area contributed by atoms with Crippen molar-refractivity contribution in [3.05, 3.63) is 95.3 Å². The van der Waals surface area contributed by atoms with Gasteiger partial charge >= 0.3 is 0 Å². The van der Waals surface area contributed by atoms with Crippen molar-refractivity contribution >= 4 is 17.5 Å². The maximum atomic E-state index is 12.8. The molecule has 0 unspecified atom stereocenters. The highest BCUT2D eigenvalue weighted by Crippen LogP contribution is 2.29. The average Bonchev–Trinajstić information content (AvgIpc) is 2.72. The Bertz CT molecular complexity index is 1010. The van der Waals surface area contributed by atoms with Gasteiger partial charge in [-0.15, -0.1) is 0 Å². The molecule has 0 saturated carbocycles. The number of aromatic nitrogens is 1. The second kappa shape index (κ2) is 8.69. The number of carbonyl (C=O) groups excluding carboxylic acids is 2. The summed E-state index contributed by atoms with van der Waals surface area (Å²) in [4.78, 5) is 29.3. The van der Waals surface area contributed by atoms with Crippen LogP contribution in [0.15, 0.2) is 73.1 Å². The number of hydrogen-bond acceptors (Lipinski definition) is 3. The Morgan fingerprint density at radius 2 is 1.62 bits per heavy atom. The average molecular weight is 387 g/mol. The molecule has 3 aromatic rings. The third kappa shape index (κ3) is 5.29. The summed E-state index contributed by atoms with van der Waals surface area (Å²) in [5.74, 6) is -0.484. The van der Waals surface area contributed by atoms with Gasteiger partial charge in [0.05, 0.1) is 0 Å². The van der Waals surface area contributed by atoms with Crippen LogP contribution < -0.4 is 10.6 Å². The normalized spacial score (nSPS) is 11.0. The van der Waals surface area contributed by atoms with Gasteiger partial charge in [-0.1, -0.05) is 51.1 Å². The van der Waals surface area contributed by atoms with Crippen LogP contribution in [-0.2, 0) is 12.0 Å². The molecular weight excluding hydrogens is 362 g/mol. The van der Waals surface area contributed by atoms with Gasteiger partial charge in [0.25, 0.3) is 11.8 Å². The number of hydrogen-bond donors (Lipinski definition) is 2. The van der Waals surface area contributed by atoms with Crippen molar-refractivity contribution in [2.24, 2.45) is 0 Å². The zero-order chi connectivity index (χ0) is 20.9. The van der Waals surface area contributed by atoms with Gasteiger partial charge in [-0.3, -0.25) is 14.6 Å². The van der Waals surface area contributed by atoms with Gasteiger partial charge in [0.2, 0.25) is 0 Å². The Balaban J connectivity index is 1.72. The van der Waals surface area contributed by atoms with Crippen molar-refractivity contribution in [2.75, 3.05) is 5.32 Å². The molecule has 0 spiro atoms. The molecule has 3 rings (SSSR count). The van der Waals surface area contributed by atoms with Gasteiger partial charge in [0.1, 0.15) is 0 Å². The molecular formula is C24H25N3O2. The molecule has 1 aromatic heterocycles. The largest absolute Gasteiger partial charge is 0.348 e. The summed E-state index contributed by atoms with van der Waals surface area (Å²) in [7, 11) is 0. The molecule has 0 radical (unpaired) electrons. The molecule has 2 amide bonds. The number of amides is 2. The van der Waals surface area contributed by atoms with Crippen molar-refractivity contribution in [1.82, 2.24) is 10.3 Å². The van der Waals surface area contributed by atoms with Gasteiger partial charge < -0.3 is 10.6 Å². The van der Waals surface area contributed by atoms with E-state index in [0.717, 1.165) is 16.8 Å². The van der Waals surface area contributed by atoms with E-state index in [4.69, 9.17) is 0 Å². The van der Waals surface area contributed by atoms with E-state index < -0.39 is 0 Å². The third-order valence-corrected chi connectivity index (χ3v) is 4.55. The lowest BCUT2D eigenvalue weighted by Crippen LogP contribution is -2.23. The van der Waals surface area contributed by atoms with Crippen LogP contribution in [0.2, 0.25) is 0 Å². The van der Waals surface area contributed by atoms with E-state index in [0.29, 0.717) is 17.7 Å². The summed E-state index contributed by atoms with van der Waals surface area (Å²) in [6.45, 7) is 6.68. The number of pyridine rings is 1. The number of anilines is 1. The first-order valence-electron chi connectivity index (χ1n) is 9.52. The van der Waals surface area contributed by atoms with Gasteiger partial charge in [0, 0.05) is 35.8 Å². The number of benzene rings is 2. The van der Waals surface area contributed by atoms with Crippen LogP contribution in [0, 0.1) is 0 Å². The molecule has 5 heteroatoms. The zero-order valence-electron chi connectivity index (χ0n) is 16.9. The van der Waals surface area contributed by atoms with E-state index in [-0.39, 0.29) is 17.2 Å². The van der Waals surface area contributed by atoms with Crippen LogP contribution in [0.1, 0.15) is 52.6 Å². The van der Waals surface area contributed by atoms with Crippen molar-refractivity contribution in [1.29, 1.82) is 0 Å². The summed E-state index contributed by atoms with van der Waals surface area (Å²) in [6.07, 6.45) is 3.39. The predicted octanol–water partition coefficient (Wildman–Crippen LogP) is 4.56. The highest BCUT2D eigenvalue weighted by atomic mass is 16.2. The minimum absolute atomic E-state index is 0.0993. The SMILES string of the molecule is CC(C)(C)c1ccccc1NC(=O)c1cccc(C(=O)NCc2cccnc2)c1. The number of rotatable bonds is 5. The van der Waals surface area contributed by atoms with Crippen LogP contribution in [0.4, 0.5) is 5.69 Å². The first-order valence-corrected chi connectivity index (χ1v) is 9.52. The van der Waals surface area contributed by atoms with Gasteiger partial charge in [-0.05, 0) is 46.9 Å². The van der Waals surface area contributed by atoms with E-state index in [1.807, 2.05) is 36.4 Å². The Morgan fingerprint density at radius 1 is 0.897 bits per heavy atom. The fraction of sp³-hybridized carbons (Fsp3) is 0.208. The first kappa shape index (κ1) is 20.3. The fourth-order valence-corrected chi connectivity index (χ4v) is 3.03. The minimum Gasteiger partial charge on any atom is -0.348 e. The Hall–Kier alpha value is -3.47. The zero-order valence-corrected chi connectivity index (χ0v) is 16.9. The summed E-state index contributed by atoms with van der Waals surface area (Å²) >= 11 is 0. The molecule has 0 saturated heterocycles. The number of nitrogens with zero attached hydrogens (tertiary/aromatic N) is 1. The van der Waals surface area contributed by atoms with Crippen LogP contribution in [-0.4, -0.2) is 16.8 Å². The lowest BCUT2D eigenvalue weighted by Gasteiger charge is -2.23. The molecule has 0 aliphatic heterocycles. The molecule has 0 fully saturated rings. The van der Waals surface area contributed by atoms with Crippen molar-refractivity contribution in [2.45, 2.75) is 32.7 Å². The standard InChI is InChI=1S/C24H25N3O2/c1-24(2,3)20-11-4-5-12-21(20)27-23(29)19-10-6-9-18(14-19)22(28)26-16-17-8-7-13-25-15-17/h4-15H,16H2,1-3H3,(H,26,28)(H,27,29). The molecule has 148 valence electrons. The van der Waals surface area contributed by atoms with Gasteiger partial charge in [-0.25, -0.2) is 0 Å². The van der Waals surface area contributed by atoms with E-state index in [1.54, 1.807) is 36.7 Å². The van der Waals surface area contributed by atoms with Crippen molar-refractivity contribution in [3.8, 4) is 0 Å². The number of nitrogens with one attached hydrogen (secondary N) is 2. The predicted molar refractivity (Wildman–Crippen MR) is 115 cm³/mol. The fourth-order valence-electron chi connectivity index (χ4n) is 3.03. The second-order valence-electron chi connectivity index (χ2n) is 7.87. The topological polar surface area (TPSA) is 71.1 Å². The van der Waals surface area contributed by atoms with Gasteiger partial charge in [-0.2, -0.15) is 0 Å². The Morgan fingerprint density at radius 3 is 2.31 bits per heavy atom. The summed E-state index contributed by atoms with van der Waals surface area (Å²) in [5.41, 5.74) is 3.51. The van der Waals surface area contributed by atoms with Gasteiger partial charge in [0.15, 0.2) is 0 Å². The summed E-state index contributed by atoms with van der Waals surface area (Å²) in [5, 5.41) is 5.83. The van der Waals surface area contributed by atoms with Crippen LogP contribution >= 0.6 is 0 Å². The Labute approximate surface area is 171 Å². The molecule has 0 aliphatic rings. The van der Waals surface area contributed by atoms with Crippen LogP contribution in [0.25, 0.3) is 0 Å². The second-order valence-corrected chi connectivity index (χ2v) is 7.87. The highest BCUT2D eigenvalue weighted by Gasteiger charge is 2.19. The Kier molecular flexibility index (Phi) is 6.07. The highest BCUT2D eigenvalue weighted by molar-refractivity contribution is 6.06. The molecule has 29 heavy (non-hydrogen) atoms. The summed E-state index contributed by atoms with van der Waals surface area (Å²) in [6, 6.07) is 18.2. The molecule has 5 nitrogen and oxygen atoms in total. The first-order chi connectivity index (χ1) is 13.8. The monoisotopic (exact) mass is 387 g/mol. The van der Waals surface area contributed by atoms with Crippen LogP contribution in [0.3, 0.4) is 0 Å². The van der Waals surface area contributed by atoms with E-state index >= 15 is 0 Å². The molecule has 0 bridgehead atoms. The van der Waals surface area contributed by atoms with E-state index in [1.165, 1.54) is 0 Å². The minimum atomic E-state index is -0.247. The smallest absolute Gasteiger partial charge is 0.255 e. The van der Waals surface area contributed by atoms with Crippen LogP contribution in [0.5, 0.6) is 0 Å². The quantitative estimate of drug-likeness (QED) is 0.674. The molecule has 0 atom stereocenters. The summed E-state index contributed by atoms with van der Waals surface area (Å²) < 4.78 is 0. The van der Waals surface area contributed by atoms with E-state index in [9.17, 15) is 9.59 Å². The van der Waals surface area contributed by atoms with Crippen molar-refractivity contribution < 1.29 is 9.59 Å². The third-order valence-electron chi connectivity index (χ3n) is 4.55. The van der Waals surface area contributed by atoms with Crippen molar-refractivity contribution in [3.63, 3.8) is 0 Å². The molecule has 2 aromatic carbocycles. The maximum Gasteiger partial charge on any atom is 0.255 e. The number of carbonyl (C=O) groups is 2. The van der Waals surface area contributed by atoms with E-state index in [2.05, 4.69) is 36.4 Å². The molecule has 2 N–H and O–H groups in total. The lowest BCUT2D eigenvalue weighted by molar-refractivity contribution is 0.0951.